The number of carbonyl (C=O) groups excluding carboxylic acids is 1. The van der Waals surface area contributed by atoms with Crippen molar-refractivity contribution in [3.05, 3.63) is 63.6 Å². The van der Waals surface area contributed by atoms with Gasteiger partial charge in [0.1, 0.15) is 11.4 Å². The highest BCUT2D eigenvalue weighted by atomic mass is 35.5. The summed E-state index contributed by atoms with van der Waals surface area (Å²) in [6, 6.07) is 5.76. The van der Waals surface area contributed by atoms with Gasteiger partial charge in [0, 0.05) is 57.0 Å². The summed E-state index contributed by atoms with van der Waals surface area (Å²) in [5.41, 5.74) is 0.871. The summed E-state index contributed by atoms with van der Waals surface area (Å²) in [5.74, 6) is 0.768. The quantitative estimate of drug-likeness (QED) is 0.435. The van der Waals surface area contributed by atoms with Gasteiger partial charge >= 0.3 is 6.36 Å². The first-order valence-corrected chi connectivity index (χ1v) is 12.3. The molecule has 7 nitrogen and oxygen atoms in total. The molecule has 1 saturated carbocycles. The number of halogens is 4. The molecule has 2 aliphatic rings. The average molecular weight is 526 g/mol. The van der Waals surface area contributed by atoms with E-state index >= 15 is 0 Å². The molecular weight excluding hydrogens is 503 g/mol. The van der Waals surface area contributed by atoms with Crippen LogP contribution in [0.15, 0.2) is 43.0 Å². The Kier molecular flexibility index (Phi) is 6.49. The lowest BCUT2D eigenvalue weighted by Gasteiger charge is -2.25. The number of fused-ring (bicyclic) bond motifs is 1. The molecule has 2 unspecified atom stereocenters. The molecule has 2 aromatic heterocycles. The van der Waals surface area contributed by atoms with Gasteiger partial charge < -0.3 is 14.2 Å². The van der Waals surface area contributed by atoms with Crippen molar-refractivity contribution < 1.29 is 22.7 Å². The summed E-state index contributed by atoms with van der Waals surface area (Å²) in [5, 5.41) is 0. The number of nitrogens with zero attached hydrogens (tertiary/aromatic N) is 5. The second-order valence-electron chi connectivity index (χ2n) is 9.07. The minimum absolute atomic E-state index is 0.170. The van der Waals surface area contributed by atoms with Crippen molar-refractivity contribution >= 4 is 28.8 Å². The van der Waals surface area contributed by atoms with Gasteiger partial charge in [-0.1, -0.05) is 23.7 Å². The third-order valence-electron chi connectivity index (χ3n) is 6.50. The van der Waals surface area contributed by atoms with Crippen LogP contribution in [0.4, 0.5) is 13.2 Å². The molecule has 1 aliphatic carbocycles. The number of ether oxygens (including phenoxy) is 1. The largest absolute Gasteiger partial charge is 0.573 e. The summed E-state index contributed by atoms with van der Waals surface area (Å²) in [6.45, 7) is 3.38. The second kappa shape index (κ2) is 9.44. The fourth-order valence-electron chi connectivity index (χ4n) is 4.93. The molecule has 5 rings (SSSR count). The maximum Gasteiger partial charge on any atom is 0.573 e. The number of amides is 1. The van der Waals surface area contributed by atoms with E-state index in [0.29, 0.717) is 40.0 Å². The number of benzene rings is 1. The summed E-state index contributed by atoms with van der Waals surface area (Å²) < 4.78 is 44.3. The number of carbonyl (C=O) groups is 1. The highest BCUT2D eigenvalue weighted by molar-refractivity contribution is 7.15. The van der Waals surface area contributed by atoms with Crippen molar-refractivity contribution in [2.45, 2.75) is 19.5 Å². The number of hydrogen-bond donors (Lipinski definition) is 0. The maximum absolute atomic E-state index is 13.3. The van der Waals surface area contributed by atoms with Crippen LogP contribution in [0.2, 0.25) is 4.47 Å². The molecule has 186 valence electrons. The third kappa shape index (κ3) is 5.79. The van der Waals surface area contributed by atoms with Crippen molar-refractivity contribution in [3.8, 4) is 5.75 Å². The first-order valence-electron chi connectivity index (χ1n) is 11.1. The van der Waals surface area contributed by atoms with Crippen molar-refractivity contribution in [1.29, 1.82) is 0 Å². The highest BCUT2D eigenvalue weighted by Gasteiger charge is 2.56. The zero-order valence-electron chi connectivity index (χ0n) is 18.8. The van der Waals surface area contributed by atoms with Crippen molar-refractivity contribution in [2.75, 3.05) is 19.6 Å². The van der Waals surface area contributed by atoms with Crippen LogP contribution in [0.3, 0.4) is 0 Å². The molecule has 1 aliphatic heterocycles. The number of hydrogen-bond acceptors (Lipinski definition) is 6. The van der Waals surface area contributed by atoms with E-state index in [1.54, 1.807) is 41.3 Å². The van der Waals surface area contributed by atoms with Crippen LogP contribution in [0, 0.1) is 17.8 Å². The molecule has 3 aromatic rings. The Morgan fingerprint density at radius 2 is 2.06 bits per heavy atom. The first-order chi connectivity index (χ1) is 16.6. The molecule has 1 saturated heterocycles. The van der Waals surface area contributed by atoms with E-state index in [-0.39, 0.29) is 18.2 Å². The Hall–Kier alpha value is -2.63. The van der Waals surface area contributed by atoms with E-state index in [1.165, 1.54) is 29.5 Å². The molecule has 1 amide bonds. The maximum atomic E-state index is 13.3. The predicted molar refractivity (Wildman–Crippen MR) is 124 cm³/mol. The number of likely N-dealkylation sites (tertiary alicyclic amines) is 1. The third-order valence-corrected chi connectivity index (χ3v) is 7.60. The molecule has 0 radical (unpaired) electrons. The van der Waals surface area contributed by atoms with Crippen LogP contribution in [0.5, 0.6) is 5.75 Å². The van der Waals surface area contributed by atoms with E-state index in [2.05, 4.69) is 19.6 Å². The number of aromatic nitrogens is 3. The van der Waals surface area contributed by atoms with Crippen LogP contribution in [0.25, 0.3) is 0 Å². The fourth-order valence-corrected chi connectivity index (χ4v) is 5.95. The van der Waals surface area contributed by atoms with E-state index in [9.17, 15) is 18.0 Å². The smallest absolute Gasteiger partial charge is 0.406 e. The Labute approximate surface area is 209 Å². The second-order valence-corrected chi connectivity index (χ2v) is 10.8. The van der Waals surface area contributed by atoms with Gasteiger partial charge in [0.2, 0.25) is 0 Å². The fraction of sp³-hybridized carbons (Fsp3) is 0.435. The van der Waals surface area contributed by atoms with Crippen LogP contribution >= 0.6 is 22.9 Å². The van der Waals surface area contributed by atoms with Crippen LogP contribution in [-0.2, 0) is 20.1 Å². The van der Waals surface area contributed by atoms with Gasteiger partial charge in [-0.2, -0.15) is 0 Å². The summed E-state index contributed by atoms with van der Waals surface area (Å²) in [4.78, 5) is 26.7. The highest BCUT2D eigenvalue weighted by Crippen LogP contribution is 2.52. The molecule has 35 heavy (non-hydrogen) atoms. The van der Waals surface area contributed by atoms with Gasteiger partial charge in [0.15, 0.2) is 4.47 Å². The molecule has 2 fully saturated rings. The number of imidazole rings is 1. The molecule has 12 heteroatoms. The van der Waals surface area contributed by atoms with Crippen molar-refractivity contribution in [3.63, 3.8) is 0 Å². The summed E-state index contributed by atoms with van der Waals surface area (Å²) in [7, 11) is 1.78. The van der Waals surface area contributed by atoms with E-state index in [1.807, 2.05) is 0 Å². The topological polar surface area (TPSA) is 63.5 Å². The van der Waals surface area contributed by atoms with Gasteiger partial charge in [0.05, 0.1) is 6.33 Å². The number of aryl methyl sites for hydroxylation is 1. The normalized spacial score (nSPS) is 21.7. The molecule has 0 N–H and O–H groups in total. The molecule has 3 heterocycles. The number of thiazole rings is 1. The molecule has 0 spiro atoms. The van der Waals surface area contributed by atoms with E-state index in [4.69, 9.17) is 11.6 Å². The Bertz CT molecular complexity index is 1200. The van der Waals surface area contributed by atoms with Crippen LogP contribution in [-0.4, -0.2) is 56.2 Å². The average Bonchev–Trinajstić information content (AvgIpc) is 3.22. The minimum Gasteiger partial charge on any atom is -0.406 e. The number of alkyl halides is 3. The molecule has 1 aromatic carbocycles. The van der Waals surface area contributed by atoms with Crippen molar-refractivity contribution in [2.24, 2.45) is 24.8 Å². The molecule has 2 atom stereocenters. The lowest BCUT2D eigenvalue weighted by atomic mass is 10.1. The first kappa shape index (κ1) is 24.1. The van der Waals surface area contributed by atoms with Crippen LogP contribution < -0.4 is 4.74 Å². The van der Waals surface area contributed by atoms with Gasteiger partial charge in [-0.05, 0) is 35.4 Å². The van der Waals surface area contributed by atoms with Gasteiger partial charge in [0.25, 0.3) is 5.91 Å². The van der Waals surface area contributed by atoms with Crippen LogP contribution in [0.1, 0.15) is 20.9 Å². The van der Waals surface area contributed by atoms with E-state index < -0.39 is 6.36 Å². The van der Waals surface area contributed by atoms with Gasteiger partial charge in [-0.25, -0.2) is 9.97 Å². The predicted octanol–water partition coefficient (Wildman–Crippen LogP) is 4.45. The van der Waals surface area contributed by atoms with Crippen molar-refractivity contribution in [1.82, 2.24) is 24.3 Å². The van der Waals surface area contributed by atoms with Gasteiger partial charge in [-0.3, -0.25) is 9.69 Å². The lowest BCUT2D eigenvalue weighted by molar-refractivity contribution is -0.274. The zero-order chi connectivity index (χ0) is 24.7. The molecular formula is C23H23ClF3N5O2S. The summed E-state index contributed by atoms with van der Waals surface area (Å²) in [6.07, 6.45) is 0.231. The monoisotopic (exact) mass is 525 g/mol. The Balaban J connectivity index is 1.26. The molecule has 0 bridgehead atoms. The summed E-state index contributed by atoms with van der Waals surface area (Å²) >= 11 is 7.42. The Morgan fingerprint density at radius 3 is 2.69 bits per heavy atom. The Morgan fingerprint density at radius 1 is 1.29 bits per heavy atom. The SMILES string of the molecule is Cn1cnc(C(=O)N(Cc2cccc(OC(F)(F)F)c2)CC2C3CN(Cc4cnc(Cl)s4)CC32)c1. The standard InChI is InChI=1S/C23H23ClF3N5O2S/c1-30-12-20(29-13-30)21(33)32(7-14-3-2-4-15(5-14)34-23(25,26)27)11-19-17-9-31(10-18(17)19)8-16-6-28-22(24)35-16/h2-6,12-13,17-19H,7-11H2,1H3. The van der Waals surface area contributed by atoms with E-state index in [0.717, 1.165) is 24.5 Å². The lowest BCUT2D eigenvalue weighted by Crippen LogP contribution is -2.35. The number of rotatable bonds is 8. The van der Waals surface area contributed by atoms with Gasteiger partial charge in [-0.15, -0.1) is 24.5 Å². The number of piperidine rings is 1. The zero-order valence-corrected chi connectivity index (χ0v) is 20.4. The minimum atomic E-state index is -4.77.